The van der Waals surface area contributed by atoms with Gasteiger partial charge in [0.1, 0.15) is 6.61 Å². The number of halogens is 2. The van der Waals surface area contributed by atoms with Gasteiger partial charge in [-0.2, -0.15) is 0 Å². The molecule has 0 saturated heterocycles. The number of rotatable bonds is 9. The highest BCUT2D eigenvalue weighted by Crippen LogP contribution is 2.11. The molecular weight excluding hydrogens is 278 g/mol. The van der Waals surface area contributed by atoms with Crippen molar-refractivity contribution in [3.63, 3.8) is 0 Å². The van der Waals surface area contributed by atoms with Crippen molar-refractivity contribution in [3.8, 4) is 0 Å². The monoisotopic (exact) mass is 300 g/mol. The maximum Gasteiger partial charge on any atom is 0.261 e. The van der Waals surface area contributed by atoms with Crippen LogP contribution in [0.4, 0.5) is 14.5 Å². The molecule has 0 atom stereocenters. The van der Waals surface area contributed by atoms with Crippen LogP contribution < -0.4 is 5.73 Å². The Morgan fingerprint density at radius 2 is 2.19 bits per heavy atom. The van der Waals surface area contributed by atoms with Gasteiger partial charge >= 0.3 is 0 Å². The van der Waals surface area contributed by atoms with E-state index in [1.165, 1.54) is 0 Å². The highest BCUT2D eigenvalue weighted by molar-refractivity contribution is 5.76. The van der Waals surface area contributed by atoms with Crippen molar-refractivity contribution in [2.24, 2.45) is 0 Å². The molecule has 0 fully saturated rings. The number of anilines is 1. The van der Waals surface area contributed by atoms with Gasteiger partial charge in [-0.15, -0.1) is 0 Å². The van der Waals surface area contributed by atoms with Gasteiger partial charge in [0, 0.05) is 18.8 Å². The summed E-state index contributed by atoms with van der Waals surface area (Å²) in [6.45, 7) is 2.44. The predicted octanol–water partition coefficient (Wildman–Crippen LogP) is 2.68. The van der Waals surface area contributed by atoms with E-state index in [2.05, 4.69) is 0 Å². The smallest absolute Gasteiger partial charge is 0.261 e. The van der Waals surface area contributed by atoms with Crippen LogP contribution in [0.3, 0.4) is 0 Å². The number of ether oxygens (including phenoxy) is 1. The number of amides is 1. The molecule has 0 bridgehead atoms. The molecule has 2 N–H and O–H groups in total. The molecule has 6 heteroatoms. The van der Waals surface area contributed by atoms with E-state index in [1.54, 1.807) is 11.0 Å². The van der Waals surface area contributed by atoms with Crippen LogP contribution in [-0.2, 0) is 16.1 Å². The number of nitrogen functional groups attached to an aromatic ring is 1. The van der Waals surface area contributed by atoms with E-state index in [1.807, 2.05) is 25.1 Å². The van der Waals surface area contributed by atoms with Crippen LogP contribution in [-0.4, -0.2) is 37.0 Å². The first-order chi connectivity index (χ1) is 10.0. The van der Waals surface area contributed by atoms with E-state index in [0.717, 1.165) is 12.0 Å². The van der Waals surface area contributed by atoms with Gasteiger partial charge in [-0.05, 0) is 24.1 Å². The van der Waals surface area contributed by atoms with E-state index in [9.17, 15) is 13.6 Å². The van der Waals surface area contributed by atoms with Crippen molar-refractivity contribution < 1.29 is 18.3 Å². The molecule has 0 saturated carbocycles. The molecule has 0 unspecified atom stereocenters. The fourth-order valence-electron chi connectivity index (χ4n) is 1.96. The Morgan fingerprint density at radius 1 is 1.43 bits per heavy atom. The van der Waals surface area contributed by atoms with E-state index < -0.39 is 13.0 Å². The van der Waals surface area contributed by atoms with Gasteiger partial charge in [0.25, 0.3) is 6.43 Å². The average Bonchev–Trinajstić information content (AvgIpc) is 2.43. The molecule has 1 amide bonds. The summed E-state index contributed by atoms with van der Waals surface area (Å²) < 4.78 is 28.6. The Balaban J connectivity index is 2.49. The molecule has 1 rings (SSSR count). The minimum absolute atomic E-state index is 0.0142. The molecule has 0 aliphatic carbocycles. The van der Waals surface area contributed by atoms with Gasteiger partial charge < -0.3 is 15.4 Å². The van der Waals surface area contributed by atoms with Crippen LogP contribution in [0, 0.1) is 0 Å². The summed E-state index contributed by atoms with van der Waals surface area (Å²) in [5.41, 5.74) is 7.32. The van der Waals surface area contributed by atoms with Gasteiger partial charge in [0.2, 0.25) is 5.91 Å². The first-order valence-corrected chi connectivity index (χ1v) is 7.01. The van der Waals surface area contributed by atoms with Crippen molar-refractivity contribution in [1.29, 1.82) is 0 Å². The van der Waals surface area contributed by atoms with Gasteiger partial charge in [-0.25, -0.2) is 8.78 Å². The SMILES string of the molecule is CCCN(Cc1cccc(N)c1)C(=O)CCOCC(F)F. The van der Waals surface area contributed by atoms with Crippen LogP contribution in [0.1, 0.15) is 25.3 Å². The molecule has 0 spiro atoms. The Kier molecular flexibility index (Phi) is 7.68. The minimum Gasteiger partial charge on any atom is -0.399 e. The molecule has 1 aromatic rings. The molecule has 4 nitrogen and oxygen atoms in total. The Bertz CT molecular complexity index is 441. The lowest BCUT2D eigenvalue weighted by Gasteiger charge is -2.22. The first kappa shape index (κ1) is 17.4. The lowest BCUT2D eigenvalue weighted by molar-refractivity contribution is -0.133. The Morgan fingerprint density at radius 3 is 2.81 bits per heavy atom. The Labute approximate surface area is 123 Å². The highest BCUT2D eigenvalue weighted by atomic mass is 19.3. The maximum absolute atomic E-state index is 12.1. The van der Waals surface area contributed by atoms with Crippen molar-refractivity contribution in [1.82, 2.24) is 4.90 Å². The van der Waals surface area contributed by atoms with E-state index in [4.69, 9.17) is 10.5 Å². The number of carbonyl (C=O) groups is 1. The molecule has 21 heavy (non-hydrogen) atoms. The zero-order chi connectivity index (χ0) is 15.7. The number of nitrogens with zero attached hydrogens (tertiary/aromatic N) is 1. The maximum atomic E-state index is 12.1. The zero-order valence-electron chi connectivity index (χ0n) is 12.2. The zero-order valence-corrected chi connectivity index (χ0v) is 12.2. The normalized spacial score (nSPS) is 10.9. The molecule has 0 heterocycles. The third-order valence-corrected chi connectivity index (χ3v) is 2.87. The number of hydrogen-bond acceptors (Lipinski definition) is 3. The third kappa shape index (κ3) is 7.04. The van der Waals surface area contributed by atoms with Crippen LogP contribution in [0.5, 0.6) is 0 Å². The van der Waals surface area contributed by atoms with Gasteiger partial charge in [0.05, 0.1) is 13.0 Å². The summed E-state index contributed by atoms with van der Waals surface area (Å²) >= 11 is 0. The second-order valence-electron chi connectivity index (χ2n) is 4.78. The molecular formula is C15H22F2N2O2. The van der Waals surface area contributed by atoms with E-state index in [0.29, 0.717) is 18.8 Å². The lowest BCUT2D eigenvalue weighted by atomic mass is 10.2. The standard InChI is InChI=1S/C15H22F2N2O2/c1-2-7-19(10-12-4-3-5-13(18)9-12)15(20)6-8-21-11-14(16)17/h3-5,9,14H,2,6-8,10-11,18H2,1H3. The van der Waals surface area contributed by atoms with Gasteiger partial charge in [0.15, 0.2) is 0 Å². The fraction of sp³-hybridized carbons (Fsp3) is 0.533. The number of benzene rings is 1. The van der Waals surface area contributed by atoms with Crippen LogP contribution >= 0.6 is 0 Å². The highest BCUT2D eigenvalue weighted by Gasteiger charge is 2.13. The summed E-state index contributed by atoms with van der Waals surface area (Å²) in [4.78, 5) is 13.8. The van der Waals surface area contributed by atoms with Crippen LogP contribution in [0.25, 0.3) is 0 Å². The fourth-order valence-corrected chi connectivity index (χ4v) is 1.96. The number of alkyl halides is 2. The van der Waals surface area contributed by atoms with Crippen molar-refractivity contribution in [2.75, 3.05) is 25.5 Å². The topological polar surface area (TPSA) is 55.6 Å². The average molecular weight is 300 g/mol. The lowest BCUT2D eigenvalue weighted by Crippen LogP contribution is -2.32. The van der Waals surface area contributed by atoms with E-state index >= 15 is 0 Å². The summed E-state index contributed by atoms with van der Waals surface area (Å²) in [5, 5.41) is 0. The van der Waals surface area contributed by atoms with Gasteiger partial charge in [-0.1, -0.05) is 19.1 Å². The largest absolute Gasteiger partial charge is 0.399 e. The summed E-state index contributed by atoms with van der Waals surface area (Å²) in [6.07, 6.45) is -1.57. The molecule has 0 aliphatic heterocycles. The van der Waals surface area contributed by atoms with E-state index in [-0.39, 0.29) is 18.9 Å². The number of carbonyl (C=O) groups excluding carboxylic acids is 1. The summed E-state index contributed by atoms with van der Waals surface area (Å²) in [6, 6.07) is 7.35. The summed E-state index contributed by atoms with van der Waals surface area (Å²) in [7, 11) is 0. The third-order valence-electron chi connectivity index (χ3n) is 2.87. The number of nitrogens with two attached hydrogens (primary N) is 1. The van der Waals surface area contributed by atoms with Crippen LogP contribution in [0.15, 0.2) is 24.3 Å². The molecule has 0 aromatic heterocycles. The van der Waals surface area contributed by atoms with Crippen LogP contribution in [0.2, 0.25) is 0 Å². The second kappa shape index (κ2) is 9.28. The Hall–Kier alpha value is -1.69. The quantitative estimate of drug-likeness (QED) is 0.563. The molecule has 0 radical (unpaired) electrons. The predicted molar refractivity (Wildman–Crippen MR) is 78.0 cm³/mol. The first-order valence-electron chi connectivity index (χ1n) is 7.01. The molecule has 1 aromatic carbocycles. The van der Waals surface area contributed by atoms with Crippen molar-refractivity contribution in [2.45, 2.75) is 32.7 Å². The molecule has 0 aliphatic rings. The second-order valence-corrected chi connectivity index (χ2v) is 4.78. The summed E-state index contributed by atoms with van der Waals surface area (Å²) in [5.74, 6) is -0.103. The van der Waals surface area contributed by atoms with Gasteiger partial charge in [-0.3, -0.25) is 4.79 Å². The number of hydrogen-bond donors (Lipinski definition) is 1. The molecule has 118 valence electrons. The minimum atomic E-state index is -2.50. The van der Waals surface area contributed by atoms with Crippen molar-refractivity contribution in [3.05, 3.63) is 29.8 Å². The van der Waals surface area contributed by atoms with Crippen molar-refractivity contribution >= 4 is 11.6 Å².